The van der Waals surface area contributed by atoms with Gasteiger partial charge in [-0.15, -0.1) is 0 Å². The normalized spacial score (nSPS) is 14.1. The third kappa shape index (κ3) is 5.91. The Hall–Kier alpha value is -3.68. The average molecular weight is 422 g/mol. The molecule has 1 saturated heterocycles. The molecule has 0 saturated carbocycles. The van der Waals surface area contributed by atoms with Crippen molar-refractivity contribution in [3.8, 4) is 11.1 Å². The third-order valence-electron chi connectivity index (χ3n) is 5.39. The molecule has 0 aromatic heterocycles. The largest absolute Gasteiger partial charge is 0.456 e. The fraction of sp³-hybridized carbons (Fsp3) is 0.304. The molecule has 8 heteroatoms. The van der Waals surface area contributed by atoms with Crippen LogP contribution in [0.1, 0.15) is 35.2 Å². The van der Waals surface area contributed by atoms with E-state index in [4.69, 9.17) is 21.6 Å². The number of nitrogens with zero attached hydrogens (tertiary/aromatic N) is 1. The number of nitrogens with one attached hydrogen (secondary N) is 1. The molecule has 1 fully saturated rings. The van der Waals surface area contributed by atoms with Crippen LogP contribution >= 0.6 is 0 Å². The molecule has 1 heterocycles. The zero-order chi connectivity index (χ0) is 22.4. The SMILES string of the molecule is N=C(N)c1ccc(-c2ccc(C(=O)N3CCC(CC(=O)OCC(N)=O)CC3)cc2)cc1. The van der Waals surface area contributed by atoms with E-state index in [2.05, 4.69) is 0 Å². The Labute approximate surface area is 180 Å². The summed E-state index contributed by atoms with van der Waals surface area (Å²) in [4.78, 5) is 37.0. The van der Waals surface area contributed by atoms with Crippen LogP contribution in [0.3, 0.4) is 0 Å². The summed E-state index contributed by atoms with van der Waals surface area (Å²) in [5, 5.41) is 7.46. The molecule has 2 aromatic carbocycles. The summed E-state index contributed by atoms with van der Waals surface area (Å²) < 4.78 is 4.80. The van der Waals surface area contributed by atoms with Crippen LogP contribution in [0.4, 0.5) is 0 Å². The fourth-order valence-electron chi connectivity index (χ4n) is 3.62. The maximum atomic E-state index is 12.8. The van der Waals surface area contributed by atoms with Crippen LogP contribution in [-0.4, -0.2) is 48.2 Å². The van der Waals surface area contributed by atoms with Gasteiger partial charge in [-0.2, -0.15) is 0 Å². The standard InChI is InChI=1S/C23H26N4O4/c24-20(28)14-31-21(29)13-15-9-11-27(12-10-15)23(30)19-7-3-17(4-8-19)16-1-5-18(6-2-16)22(25)26/h1-8,15H,9-14H2,(H2,24,28)(H3,25,26). The highest BCUT2D eigenvalue weighted by Crippen LogP contribution is 2.24. The van der Waals surface area contributed by atoms with Crippen molar-refractivity contribution in [2.45, 2.75) is 19.3 Å². The van der Waals surface area contributed by atoms with Gasteiger partial charge in [-0.3, -0.25) is 19.8 Å². The van der Waals surface area contributed by atoms with Gasteiger partial charge in [0.25, 0.3) is 11.8 Å². The Morgan fingerprint density at radius 2 is 1.42 bits per heavy atom. The molecule has 0 spiro atoms. The number of benzene rings is 2. The van der Waals surface area contributed by atoms with E-state index in [9.17, 15) is 14.4 Å². The lowest BCUT2D eigenvalue weighted by atomic mass is 9.93. The number of likely N-dealkylation sites (tertiary alicyclic amines) is 1. The van der Waals surface area contributed by atoms with E-state index >= 15 is 0 Å². The number of ether oxygens (including phenoxy) is 1. The predicted molar refractivity (Wildman–Crippen MR) is 116 cm³/mol. The molecule has 162 valence electrons. The van der Waals surface area contributed by atoms with Gasteiger partial charge in [0.1, 0.15) is 5.84 Å². The maximum absolute atomic E-state index is 12.8. The summed E-state index contributed by atoms with van der Waals surface area (Å²) in [6.07, 6.45) is 1.64. The lowest BCUT2D eigenvalue weighted by Crippen LogP contribution is -2.39. The first kappa shape index (κ1) is 22.0. The number of primary amides is 1. The highest BCUT2D eigenvalue weighted by Gasteiger charge is 2.25. The second kappa shape index (κ2) is 9.88. The van der Waals surface area contributed by atoms with E-state index < -0.39 is 18.5 Å². The topological polar surface area (TPSA) is 140 Å². The van der Waals surface area contributed by atoms with Gasteiger partial charge in [-0.25, -0.2) is 0 Å². The molecule has 3 rings (SSSR count). The average Bonchev–Trinajstić information content (AvgIpc) is 2.78. The molecule has 5 N–H and O–H groups in total. The van der Waals surface area contributed by atoms with E-state index in [-0.39, 0.29) is 24.1 Å². The molecule has 0 atom stereocenters. The monoisotopic (exact) mass is 422 g/mol. The molecule has 0 bridgehead atoms. The number of amidine groups is 1. The van der Waals surface area contributed by atoms with Crippen molar-refractivity contribution in [3.05, 3.63) is 59.7 Å². The minimum absolute atomic E-state index is 0.0267. The molecular formula is C23H26N4O4. The lowest BCUT2D eigenvalue weighted by molar-refractivity contribution is -0.149. The Kier molecular flexibility index (Phi) is 7.02. The summed E-state index contributed by atoms with van der Waals surface area (Å²) in [5.74, 6) is -0.986. The van der Waals surface area contributed by atoms with Crippen LogP contribution in [0, 0.1) is 11.3 Å². The number of rotatable bonds is 7. The van der Waals surface area contributed by atoms with E-state index in [1.165, 1.54) is 0 Å². The highest BCUT2D eigenvalue weighted by molar-refractivity contribution is 5.96. The molecule has 0 unspecified atom stereocenters. The Bertz CT molecular complexity index is 962. The molecular weight excluding hydrogens is 396 g/mol. The highest BCUT2D eigenvalue weighted by atomic mass is 16.5. The summed E-state index contributed by atoms with van der Waals surface area (Å²) in [7, 11) is 0. The van der Waals surface area contributed by atoms with Crippen molar-refractivity contribution < 1.29 is 19.1 Å². The van der Waals surface area contributed by atoms with E-state index in [0.717, 1.165) is 11.1 Å². The molecule has 0 radical (unpaired) electrons. The smallest absolute Gasteiger partial charge is 0.306 e. The first-order valence-corrected chi connectivity index (χ1v) is 10.1. The van der Waals surface area contributed by atoms with Crippen molar-refractivity contribution in [1.82, 2.24) is 4.90 Å². The number of carbonyl (C=O) groups is 3. The Morgan fingerprint density at radius 1 is 0.903 bits per heavy atom. The molecule has 2 aromatic rings. The summed E-state index contributed by atoms with van der Waals surface area (Å²) in [5.41, 5.74) is 13.7. The second-order valence-corrected chi connectivity index (χ2v) is 7.64. The van der Waals surface area contributed by atoms with Gasteiger partial charge in [-0.05, 0) is 42.0 Å². The van der Waals surface area contributed by atoms with Gasteiger partial charge in [0.2, 0.25) is 0 Å². The van der Waals surface area contributed by atoms with Crippen LogP contribution in [0.15, 0.2) is 48.5 Å². The number of nitrogens with two attached hydrogens (primary N) is 2. The first-order chi connectivity index (χ1) is 14.8. The molecule has 1 aliphatic heterocycles. The van der Waals surface area contributed by atoms with Gasteiger partial charge in [0.05, 0.1) is 0 Å². The first-order valence-electron chi connectivity index (χ1n) is 10.1. The molecule has 31 heavy (non-hydrogen) atoms. The Balaban J connectivity index is 1.53. The van der Waals surface area contributed by atoms with Crippen LogP contribution in [0.2, 0.25) is 0 Å². The number of piperidine rings is 1. The molecule has 2 amide bonds. The molecule has 8 nitrogen and oxygen atoms in total. The van der Waals surface area contributed by atoms with Crippen molar-refractivity contribution in [2.24, 2.45) is 17.4 Å². The molecule has 0 aliphatic carbocycles. The van der Waals surface area contributed by atoms with Crippen molar-refractivity contribution in [1.29, 1.82) is 5.41 Å². The van der Waals surface area contributed by atoms with Gasteiger partial charge in [0.15, 0.2) is 6.61 Å². The van der Waals surface area contributed by atoms with Gasteiger partial charge < -0.3 is 21.1 Å². The minimum Gasteiger partial charge on any atom is -0.456 e. The van der Waals surface area contributed by atoms with Crippen LogP contribution in [-0.2, 0) is 14.3 Å². The van der Waals surface area contributed by atoms with Gasteiger partial charge in [0, 0.05) is 30.6 Å². The number of esters is 1. The van der Waals surface area contributed by atoms with E-state index in [1.54, 1.807) is 17.0 Å². The van der Waals surface area contributed by atoms with Crippen molar-refractivity contribution >= 4 is 23.6 Å². The van der Waals surface area contributed by atoms with Gasteiger partial charge >= 0.3 is 5.97 Å². The second-order valence-electron chi connectivity index (χ2n) is 7.64. The number of nitrogen functional groups attached to an aromatic ring is 1. The van der Waals surface area contributed by atoms with Crippen LogP contribution in [0.5, 0.6) is 0 Å². The summed E-state index contributed by atoms with van der Waals surface area (Å²) in [6, 6.07) is 14.8. The zero-order valence-electron chi connectivity index (χ0n) is 17.2. The van der Waals surface area contributed by atoms with Crippen molar-refractivity contribution in [3.63, 3.8) is 0 Å². The van der Waals surface area contributed by atoms with E-state index in [0.29, 0.717) is 37.1 Å². The maximum Gasteiger partial charge on any atom is 0.306 e. The minimum atomic E-state index is -0.673. The number of hydrogen-bond acceptors (Lipinski definition) is 5. The third-order valence-corrected chi connectivity index (χ3v) is 5.39. The van der Waals surface area contributed by atoms with Crippen LogP contribution in [0.25, 0.3) is 11.1 Å². The van der Waals surface area contributed by atoms with Crippen molar-refractivity contribution in [2.75, 3.05) is 19.7 Å². The zero-order valence-corrected chi connectivity index (χ0v) is 17.2. The van der Waals surface area contributed by atoms with Crippen LogP contribution < -0.4 is 11.5 Å². The fourth-order valence-corrected chi connectivity index (χ4v) is 3.62. The quantitative estimate of drug-likeness (QED) is 0.355. The van der Waals surface area contributed by atoms with E-state index in [1.807, 2.05) is 36.4 Å². The number of amides is 2. The summed E-state index contributed by atoms with van der Waals surface area (Å²) in [6.45, 7) is 0.745. The predicted octanol–water partition coefficient (Wildman–Crippen LogP) is 1.91. The van der Waals surface area contributed by atoms with Gasteiger partial charge in [-0.1, -0.05) is 36.4 Å². The molecule has 1 aliphatic rings. The lowest BCUT2D eigenvalue weighted by Gasteiger charge is -2.31. The number of hydrogen-bond donors (Lipinski definition) is 3. The number of carbonyl (C=O) groups excluding carboxylic acids is 3. The Morgan fingerprint density at radius 3 is 1.90 bits per heavy atom. The summed E-state index contributed by atoms with van der Waals surface area (Å²) >= 11 is 0.